The van der Waals surface area contributed by atoms with Crippen LogP contribution in [-0.2, 0) is 9.53 Å². The van der Waals surface area contributed by atoms with Gasteiger partial charge >= 0.3 is 0 Å². The Morgan fingerprint density at radius 2 is 1.96 bits per heavy atom. The van der Waals surface area contributed by atoms with Crippen molar-refractivity contribution in [2.24, 2.45) is 0 Å². The summed E-state index contributed by atoms with van der Waals surface area (Å²) >= 11 is 0. The quantitative estimate of drug-likeness (QED) is 0.850. The number of nitrogens with zero attached hydrogens (tertiary/aromatic N) is 1. The standard InChI is InChI=1S/C20H24N2O3/c1-13-11-17(20(24)16-7-5-4-6-8-16)14(2)22(13)15(3)19(23)18-12-21-9-10-25-18/h4-8,11,15,18,21H,9-10,12H2,1-3H3. The third-order valence-corrected chi connectivity index (χ3v) is 4.81. The van der Waals surface area contributed by atoms with Crippen LogP contribution in [0.3, 0.4) is 0 Å². The number of aryl methyl sites for hydroxylation is 1. The van der Waals surface area contributed by atoms with Gasteiger partial charge in [-0.1, -0.05) is 30.3 Å². The van der Waals surface area contributed by atoms with Crippen LogP contribution in [0, 0.1) is 13.8 Å². The molecule has 5 nitrogen and oxygen atoms in total. The highest BCUT2D eigenvalue weighted by molar-refractivity contribution is 6.10. The van der Waals surface area contributed by atoms with Crippen molar-refractivity contribution in [1.82, 2.24) is 9.88 Å². The highest BCUT2D eigenvalue weighted by Gasteiger charge is 2.30. The lowest BCUT2D eigenvalue weighted by Crippen LogP contribution is -2.45. The van der Waals surface area contributed by atoms with E-state index < -0.39 is 6.10 Å². The zero-order chi connectivity index (χ0) is 18.0. The van der Waals surface area contributed by atoms with Gasteiger partial charge in [0, 0.05) is 35.6 Å². The largest absolute Gasteiger partial charge is 0.368 e. The molecule has 25 heavy (non-hydrogen) atoms. The number of morpholine rings is 1. The van der Waals surface area contributed by atoms with Crippen molar-refractivity contribution in [3.05, 3.63) is 58.9 Å². The van der Waals surface area contributed by atoms with Gasteiger partial charge in [-0.3, -0.25) is 9.59 Å². The van der Waals surface area contributed by atoms with Gasteiger partial charge in [0.1, 0.15) is 6.10 Å². The zero-order valence-corrected chi connectivity index (χ0v) is 14.9. The molecular formula is C20H24N2O3. The fourth-order valence-electron chi connectivity index (χ4n) is 3.49. The molecule has 1 aromatic carbocycles. The smallest absolute Gasteiger partial charge is 0.194 e. The summed E-state index contributed by atoms with van der Waals surface area (Å²) in [5, 5.41) is 3.19. The van der Waals surface area contributed by atoms with Gasteiger partial charge in [0.25, 0.3) is 0 Å². The first-order chi connectivity index (χ1) is 12.0. The molecule has 2 atom stereocenters. The minimum atomic E-state index is -0.432. The first-order valence-corrected chi connectivity index (χ1v) is 8.65. The molecule has 1 N–H and O–H groups in total. The second-order valence-corrected chi connectivity index (χ2v) is 6.49. The zero-order valence-electron chi connectivity index (χ0n) is 14.9. The Morgan fingerprint density at radius 3 is 2.60 bits per heavy atom. The van der Waals surface area contributed by atoms with Crippen molar-refractivity contribution >= 4 is 11.6 Å². The van der Waals surface area contributed by atoms with Crippen LogP contribution >= 0.6 is 0 Å². The Kier molecular flexibility index (Phi) is 5.16. The average Bonchev–Trinajstić information content (AvgIpc) is 2.95. The van der Waals surface area contributed by atoms with E-state index in [0.717, 1.165) is 17.9 Å². The molecule has 2 heterocycles. The number of nitrogens with one attached hydrogen (secondary N) is 1. The highest BCUT2D eigenvalue weighted by atomic mass is 16.5. The van der Waals surface area contributed by atoms with Gasteiger partial charge in [-0.15, -0.1) is 0 Å². The summed E-state index contributed by atoms with van der Waals surface area (Å²) in [5.74, 6) is 0.0166. The average molecular weight is 340 g/mol. The summed E-state index contributed by atoms with van der Waals surface area (Å²) in [6.45, 7) is 7.56. The van der Waals surface area contributed by atoms with Crippen molar-refractivity contribution in [2.45, 2.75) is 32.9 Å². The Balaban J connectivity index is 1.89. The highest BCUT2D eigenvalue weighted by Crippen LogP contribution is 2.24. The Labute approximate surface area is 148 Å². The fourth-order valence-corrected chi connectivity index (χ4v) is 3.49. The maximum Gasteiger partial charge on any atom is 0.194 e. The van der Waals surface area contributed by atoms with E-state index in [2.05, 4.69) is 5.32 Å². The van der Waals surface area contributed by atoms with E-state index in [-0.39, 0.29) is 17.6 Å². The molecular weight excluding hydrogens is 316 g/mol. The maximum atomic E-state index is 12.8. The summed E-state index contributed by atoms with van der Waals surface area (Å²) < 4.78 is 7.53. The van der Waals surface area contributed by atoms with Crippen LogP contribution in [0.15, 0.2) is 36.4 Å². The van der Waals surface area contributed by atoms with Gasteiger partial charge in [0.15, 0.2) is 11.6 Å². The lowest BCUT2D eigenvalue weighted by atomic mass is 10.0. The maximum absolute atomic E-state index is 12.8. The predicted octanol–water partition coefficient (Wildman–Crippen LogP) is 2.45. The molecule has 0 aliphatic carbocycles. The summed E-state index contributed by atoms with van der Waals surface area (Å²) in [5.41, 5.74) is 3.02. The predicted molar refractivity (Wildman–Crippen MR) is 96.1 cm³/mol. The minimum absolute atomic E-state index is 0.0183. The first-order valence-electron chi connectivity index (χ1n) is 8.65. The van der Waals surface area contributed by atoms with Crippen LogP contribution in [0.5, 0.6) is 0 Å². The van der Waals surface area contributed by atoms with E-state index in [1.807, 2.05) is 61.7 Å². The molecule has 2 aromatic rings. The monoisotopic (exact) mass is 340 g/mol. The third kappa shape index (κ3) is 3.43. The number of hydrogen-bond acceptors (Lipinski definition) is 4. The molecule has 1 saturated heterocycles. The van der Waals surface area contributed by atoms with Gasteiger partial charge in [0.05, 0.1) is 12.6 Å². The van der Waals surface area contributed by atoms with Crippen molar-refractivity contribution in [1.29, 1.82) is 0 Å². The number of benzene rings is 1. The van der Waals surface area contributed by atoms with E-state index in [0.29, 0.717) is 24.3 Å². The topological polar surface area (TPSA) is 60.3 Å². The van der Waals surface area contributed by atoms with Crippen molar-refractivity contribution < 1.29 is 14.3 Å². The van der Waals surface area contributed by atoms with E-state index in [9.17, 15) is 9.59 Å². The molecule has 2 unspecified atom stereocenters. The van der Waals surface area contributed by atoms with Crippen LogP contribution in [0.1, 0.15) is 40.3 Å². The Hall–Kier alpha value is -2.24. The van der Waals surface area contributed by atoms with Gasteiger partial charge in [-0.05, 0) is 26.8 Å². The number of rotatable bonds is 5. The Bertz CT molecular complexity index is 774. The number of Topliss-reactive ketones (excluding diaryl/α,β-unsaturated/α-hetero) is 1. The first kappa shape index (κ1) is 17.6. The number of carbonyl (C=O) groups is 2. The van der Waals surface area contributed by atoms with E-state index in [1.165, 1.54) is 0 Å². The number of carbonyl (C=O) groups excluding carboxylic acids is 2. The van der Waals surface area contributed by atoms with Gasteiger partial charge in [0.2, 0.25) is 0 Å². The van der Waals surface area contributed by atoms with Crippen LogP contribution in [0.4, 0.5) is 0 Å². The molecule has 0 spiro atoms. The van der Waals surface area contributed by atoms with Gasteiger partial charge in [-0.25, -0.2) is 0 Å². The molecule has 1 aliphatic rings. The molecule has 1 aliphatic heterocycles. The van der Waals surface area contributed by atoms with E-state index in [1.54, 1.807) is 0 Å². The van der Waals surface area contributed by atoms with Crippen LogP contribution in [0.25, 0.3) is 0 Å². The number of aromatic nitrogens is 1. The molecule has 0 amide bonds. The summed E-state index contributed by atoms with van der Waals surface area (Å²) in [6, 6.07) is 10.7. The SMILES string of the molecule is Cc1cc(C(=O)c2ccccc2)c(C)n1C(C)C(=O)C1CNCCO1. The summed E-state index contributed by atoms with van der Waals surface area (Å²) in [7, 11) is 0. The lowest BCUT2D eigenvalue weighted by molar-refractivity contribution is -0.135. The number of hydrogen-bond donors (Lipinski definition) is 1. The molecule has 1 aromatic heterocycles. The van der Waals surface area contributed by atoms with E-state index in [4.69, 9.17) is 4.74 Å². The Morgan fingerprint density at radius 1 is 1.24 bits per heavy atom. The molecule has 132 valence electrons. The number of ether oxygens (including phenoxy) is 1. The van der Waals surface area contributed by atoms with Crippen LogP contribution in [0.2, 0.25) is 0 Å². The fraction of sp³-hybridized carbons (Fsp3) is 0.400. The van der Waals surface area contributed by atoms with Crippen molar-refractivity contribution in [2.75, 3.05) is 19.7 Å². The summed E-state index contributed by atoms with van der Waals surface area (Å²) in [6.07, 6.45) is -0.432. The molecule has 1 fully saturated rings. The van der Waals surface area contributed by atoms with Gasteiger partial charge < -0.3 is 14.6 Å². The molecule has 0 radical (unpaired) electrons. The van der Waals surface area contributed by atoms with Crippen molar-refractivity contribution in [3.8, 4) is 0 Å². The molecule has 5 heteroatoms. The molecule has 0 saturated carbocycles. The second-order valence-electron chi connectivity index (χ2n) is 6.49. The second kappa shape index (κ2) is 7.33. The minimum Gasteiger partial charge on any atom is -0.368 e. The molecule has 0 bridgehead atoms. The normalized spacial score (nSPS) is 18.8. The van der Waals surface area contributed by atoms with Crippen molar-refractivity contribution in [3.63, 3.8) is 0 Å². The summed E-state index contributed by atoms with van der Waals surface area (Å²) in [4.78, 5) is 25.6. The number of ketones is 2. The lowest BCUT2D eigenvalue weighted by Gasteiger charge is -2.26. The van der Waals surface area contributed by atoms with Gasteiger partial charge in [-0.2, -0.15) is 0 Å². The van der Waals surface area contributed by atoms with Crippen LogP contribution < -0.4 is 5.32 Å². The molecule has 3 rings (SSSR count). The van der Waals surface area contributed by atoms with Crippen LogP contribution in [-0.4, -0.2) is 41.9 Å². The third-order valence-electron chi connectivity index (χ3n) is 4.81. The van der Waals surface area contributed by atoms with E-state index >= 15 is 0 Å².